The predicted octanol–water partition coefficient (Wildman–Crippen LogP) is 3.22. The Bertz CT molecular complexity index is 1320. The monoisotopic (exact) mass is 470 g/mol. The number of guanidine groups is 1. The number of alkyl halides is 1. The Morgan fingerprint density at radius 1 is 1.15 bits per heavy atom. The Kier molecular flexibility index (Phi) is 5.90. The summed E-state index contributed by atoms with van der Waals surface area (Å²) in [7, 11) is 2.63. The zero-order valence-corrected chi connectivity index (χ0v) is 18.4. The normalized spacial score (nSPS) is 17.7. The van der Waals surface area contributed by atoms with Crippen LogP contribution in [-0.4, -0.2) is 48.1 Å². The quantitative estimate of drug-likeness (QED) is 0.561. The first kappa shape index (κ1) is 23.1. The minimum absolute atomic E-state index is 0.00185. The molecule has 0 aliphatic carbocycles. The van der Waals surface area contributed by atoms with Gasteiger partial charge in [-0.25, -0.2) is 23.0 Å². The van der Waals surface area contributed by atoms with Crippen molar-refractivity contribution in [1.82, 2.24) is 9.47 Å². The zero-order valence-electron chi connectivity index (χ0n) is 18.4. The van der Waals surface area contributed by atoms with Crippen LogP contribution in [0.25, 0.3) is 11.1 Å². The van der Waals surface area contributed by atoms with Crippen molar-refractivity contribution in [2.45, 2.75) is 12.1 Å². The minimum atomic E-state index is -1.73. The number of halogens is 3. The van der Waals surface area contributed by atoms with Crippen molar-refractivity contribution in [3.05, 3.63) is 83.2 Å². The first-order valence-corrected chi connectivity index (χ1v) is 10.3. The number of hydrogen-bond acceptors (Lipinski definition) is 5. The smallest absolute Gasteiger partial charge is 0.354 e. The third-order valence-corrected chi connectivity index (χ3v) is 5.79. The molecular weight excluding hydrogens is 449 g/mol. The maximum atomic E-state index is 14.5. The molecule has 0 fully saturated rings. The summed E-state index contributed by atoms with van der Waals surface area (Å²) >= 11 is 0. The molecule has 1 atom stereocenters. The van der Waals surface area contributed by atoms with Gasteiger partial charge in [-0.2, -0.15) is 0 Å². The highest BCUT2D eigenvalue weighted by atomic mass is 19.1. The highest BCUT2D eigenvalue weighted by Gasteiger charge is 2.50. The zero-order chi connectivity index (χ0) is 24.6. The van der Waals surface area contributed by atoms with Crippen LogP contribution in [0, 0.1) is 11.6 Å². The van der Waals surface area contributed by atoms with E-state index in [1.165, 1.54) is 37.1 Å². The summed E-state index contributed by atoms with van der Waals surface area (Å²) in [5.41, 5.74) is 5.14. The van der Waals surface area contributed by atoms with Crippen LogP contribution < -0.4 is 5.73 Å². The van der Waals surface area contributed by atoms with Gasteiger partial charge in [-0.15, -0.1) is 0 Å². The number of ether oxygens (including phenoxy) is 1. The standard InChI is InChI=1S/C24H21F3N4O3/c1-30-22(33)24(29-23(30)28,16-11-20(21(32)34-2)31(13-16)9-8-25)15-5-3-4-14(10-15)18-12-17(26)6-7-19(18)27/h3-7,10-13H,8-9H2,1-2H3,(H2,28,29). The highest BCUT2D eigenvalue weighted by molar-refractivity contribution is 6.09. The average molecular weight is 470 g/mol. The summed E-state index contributed by atoms with van der Waals surface area (Å²) in [5, 5.41) is 0. The van der Waals surface area contributed by atoms with Crippen LogP contribution >= 0.6 is 0 Å². The van der Waals surface area contributed by atoms with Crippen LogP contribution in [0.5, 0.6) is 0 Å². The third kappa shape index (κ3) is 3.60. The number of likely N-dealkylation sites (N-methyl/N-ethyl adjacent to an activating group) is 1. The molecular formula is C24H21F3N4O3. The van der Waals surface area contributed by atoms with Crippen molar-refractivity contribution in [2.24, 2.45) is 10.7 Å². The third-order valence-electron chi connectivity index (χ3n) is 5.79. The first-order valence-electron chi connectivity index (χ1n) is 10.3. The second-order valence-corrected chi connectivity index (χ2v) is 7.74. The Balaban J connectivity index is 1.96. The van der Waals surface area contributed by atoms with E-state index in [9.17, 15) is 22.8 Å². The minimum Gasteiger partial charge on any atom is -0.464 e. The van der Waals surface area contributed by atoms with Crippen LogP contribution in [0.4, 0.5) is 13.2 Å². The molecule has 4 rings (SSSR count). The van der Waals surface area contributed by atoms with Crippen LogP contribution in [0.3, 0.4) is 0 Å². The molecule has 0 bridgehead atoms. The van der Waals surface area contributed by atoms with Crippen LogP contribution in [0.15, 0.2) is 59.7 Å². The second kappa shape index (κ2) is 8.69. The number of aromatic nitrogens is 1. The molecule has 0 saturated heterocycles. The van der Waals surface area contributed by atoms with E-state index >= 15 is 0 Å². The van der Waals surface area contributed by atoms with Crippen molar-refractivity contribution in [1.29, 1.82) is 0 Å². The fourth-order valence-electron chi connectivity index (χ4n) is 4.07. The summed E-state index contributed by atoms with van der Waals surface area (Å²) in [6, 6.07) is 10.7. The predicted molar refractivity (Wildman–Crippen MR) is 119 cm³/mol. The Morgan fingerprint density at radius 2 is 1.91 bits per heavy atom. The molecule has 34 heavy (non-hydrogen) atoms. The van der Waals surface area contributed by atoms with Crippen LogP contribution in [0.2, 0.25) is 0 Å². The van der Waals surface area contributed by atoms with Gasteiger partial charge in [-0.1, -0.05) is 18.2 Å². The fraction of sp³-hybridized carbons (Fsp3) is 0.208. The van der Waals surface area contributed by atoms with Crippen molar-refractivity contribution < 1.29 is 27.5 Å². The number of esters is 1. The van der Waals surface area contributed by atoms with Crippen LogP contribution in [0.1, 0.15) is 21.6 Å². The maximum absolute atomic E-state index is 14.5. The van der Waals surface area contributed by atoms with E-state index < -0.39 is 35.7 Å². The number of hydrogen-bond donors (Lipinski definition) is 1. The molecule has 1 aliphatic rings. The number of methoxy groups -OCH3 is 1. The van der Waals surface area contributed by atoms with E-state index in [1.54, 1.807) is 18.2 Å². The second-order valence-electron chi connectivity index (χ2n) is 7.74. The van der Waals surface area contributed by atoms with Gasteiger partial charge < -0.3 is 15.0 Å². The summed E-state index contributed by atoms with van der Waals surface area (Å²) in [4.78, 5) is 31.4. The first-order chi connectivity index (χ1) is 16.2. The van der Waals surface area contributed by atoms with E-state index in [0.717, 1.165) is 23.1 Å². The van der Waals surface area contributed by atoms with Gasteiger partial charge in [0.1, 0.15) is 24.0 Å². The van der Waals surface area contributed by atoms with Gasteiger partial charge in [-0.3, -0.25) is 9.69 Å². The van der Waals surface area contributed by atoms with Gasteiger partial charge in [0, 0.05) is 24.4 Å². The molecule has 0 saturated carbocycles. The molecule has 1 aliphatic heterocycles. The maximum Gasteiger partial charge on any atom is 0.354 e. The number of amides is 1. The summed E-state index contributed by atoms with van der Waals surface area (Å²) in [6.07, 6.45) is 1.44. The molecule has 10 heteroatoms. The van der Waals surface area contributed by atoms with Gasteiger partial charge in [0.15, 0.2) is 11.5 Å². The molecule has 0 spiro atoms. The van der Waals surface area contributed by atoms with Crippen molar-refractivity contribution in [3.8, 4) is 11.1 Å². The van der Waals surface area contributed by atoms with Gasteiger partial charge in [0.05, 0.1) is 13.7 Å². The number of nitrogens with zero attached hydrogens (tertiary/aromatic N) is 3. The number of rotatable bonds is 6. The van der Waals surface area contributed by atoms with E-state index in [1.807, 2.05) is 0 Å². The highest BCUT2D eigenvalue weighted by Crippen LogP contribution is 2.41. The average Bonchev–Trinajstić information content (AvgIpc) is 3.36. The molecule has 0 radical (unpaired) electrons. The molecule has 3 aromatic rings. The van der Waals surface area contributed by atoms with Gasteiger partial charge in [-0.05, 0) is 41.5 Å². The topological polar surface area (TPSA) is 89.9 Å². The molecule has 1 unspecified atom stereocenters. The lowest BCUT2D eigenvalue weighted by molar-refractivity contribution is -0.129. The van der Waals surface area contributed by atoms with E-state index in [-0.39, 0.29) is 29.3 Å². The Labute approximate surface area is 193 Å². The fourth-order valence-corrected chi connectivity index (χ4v) is 4.07. The summed E-state index contributed by atoms with van der Waals surface area (Å²) in [5.74, 6) is -2.60. The molecule has 7 nitrogen and oxygen atoms in total. The number of nitrogens with two attached hydrogens (primary N) is 1. The summed E-state index contributed by atoms with van der Waals surface area (Å²) in [6.45, 7) is -0.920. The lowest BCUT2D eigenvalue weighted by Crippen LogP contribution is -2.41. The van der Waals surface area contributed by atoms with Crippen LogP contribution in [-0.2, 0) is 21.6 Å². The molecule has 1 amide bonds. The molecule has 2 aromatic carbocycles. The largest absolute Gasteiger partial charge is 0.464 e. The molecule has 2 N–H and O–H groups in total. The van der Waals surface area contributed by atoms with E-state index in [4.69, 9.17) is 10.5 Å². The number of aliphatic imine (C=N–C) groups is 1. The summed E-state index contributed by atoms with van der Waals surface area (Å²) < 4.78 is 47.6. The number of carbonyl (C=O) groups is 2. The number of carbonyl (C=O) groups excluding carboxylic acids is 2. The molecule has 1 aromatic heterocycles. The lowest BCUT2D eigenvalue weighted by atomic mass is 9.83. The van der Waals surface area contributed by atoms with E-state index in [2.05, 4.69) is 4.99 Å². The van der Waals surface area contributed by atoms with Crippen molar-refractivity contribution in [3.63, 3.8) is 0 Å². The Morgan fingerprint density at radius 3 is 2.56 bits per heavy atom. The van der Waals surface area contributed by atoms with Crippen molar-refractivity contribution in [2.75, 3.05) is 20.8 Å². The van der Waals surface area contributed by atoms with Gasteiger partial charge in [0.2, 0.25) is 0 Å². The number of aryl methyl sites for hydroxylation is 1. The molecule has 176 valence electrons. The Hall–Kier alpha value is -4.08. The lowest BCUT2D eigenvalue weighted by Gasteiger charge is -2.25. The SMILES string of the molecule is COC(=O)c1cc(C2(c3cccc(-c4cc(F)ccc4F)c3)N=C(N)N(C)C2=O)cn1CCF. The molecule has 2 heterocycles. The van der Waals surface area contributed by atoms with Crippen molar-refractivity contribution >= 4 is 17.8 Å². The van der Waals surface area contributed by atoms with Gasteiger partial charge >= 0.3 is 5.97 Å². The van der Waals surface area contributed by atoms with E-state index in [0.29, 0.717) is 11.1 Å². The number of benzene rings is 2. The van der Waals surface area contributed by atoms with Gasteiger partial charge in [0.25, 0.3) is 5.91 Å².